The average Bonchev–Trinajstić information content (AvgIpc) is 2.36. The molecule has 100 valence electrons. The minimum absolute atomic E-state index is 0.410. The van der Waals surface area contributed by atoms with Crippen LogP contribution < -0.4 is 4.74 Å². The Morgan fingerprint density at radius 1 is 1.00 bits per heavy atom. The molecule has 0 unspecified atom stereocenters. The molecule has 0 atom stereocenters. The number of rotatable bonds is 2. The van der Waals surface area contributed by atoms with Gasteiger partial charge in [-0.25, -0.2) is 0 Å². The highest BCUT2D eigenvalue weighted by molar-refractivity contribution is 9.10. The van der Waals surface area contributed by atoms with E-state index in [0.717, 1.165) is 32.5 Å². The first kappa shape index (κ1) is 14.3. The maximum Gasteiger partial charge on any atom is 0.242 e. The molecule has 0 aliphatic carbocycles. The molecule has 0 aliphatic rings. The summed E-state index contributed by atoms with van der Waals surface area (Å²) in [6.45, 7) is 7.87. The summed E-state index contributed by atoms with van der Waals surface area (Å²) in [5.41, 5.74) is 4.02. The Morgan fingerprint density at radius 3 is 2.16 bits per heavy atom. The Hall–Kier alpha value is -1.13. The van der Waals surface area contributed by atoms with E-state index < -0.39 is 0 Å². The molecule has 1 aromatic carbocycles. The van der Waals surface area contributed by atoms with Gasteiger partial charge in [-0.15, -0.1) is 10.2 Å². The zero-order valence-electron chi connectivity index (χ0n) is 11.2. The molecular weight excluding hydrogens is 328 g/mol. The van der Waals surface area contributed by atoms with Crippen LogP contribution in [0.1, 0.15) is 22.3 Å². The van der Waals surface area contributed by atoms with E-state index in [-0.39, 0.29) is 0 Å². The second-order valence-electron chi connectivity index (χ2n) is 4.52. The van der Waals surface area contributed by atoms with Crippen molar-refractivity contribution in [3.05, 3.63) is 44.0 Å². The number of halogens is 2. The Balaban J connectivity index is 2.39. The lowest BCUT2D eigenvalue weighted by Gasteiger charge is -2.11. The summed E-state index contributed by atoms with van der Waals surface area (Å²) in [6, 6.07) is 3.92. The summed E-state index contributed by atoms with van der Waals surface area (Å²) in [4.78, 5) is 0. The lowest BCUT2D eigenvalue weighted by Crippen LogP contribution is -1.98. The van der Waals surface area contributed by atoms with Gasteiger partial charge in [-0.1, -0.05) is 27.5 Å². The molecule has 0 amide bonds. The zero-order valence-corrected chi connectivity index (χ0v) is 13.6. The van der Waals surface area contributed by atoms with Gasteiger partial charge in [0.05, 0.1) is 0 Å². The van der Waals surface area contributed by atoms with E-state index in [9.17, 15) is 0 Å². The van der Waals surface area contributed by atoms with Crippen molar-refractivity contribution in [1.29, 1.82) is 0 Å². The van der Waals surface area contributed by atoms with E-state index in [2.05, 4.69) is 26.1 Å². The first-order chi connectivity index (χ1) is 8.90. The molecule has 19 heavy (non-hydrogen) atoms. The molecule has 0 spiro atoms. The minimum Gasteiger partial charge on any atom is -0.437 e. The van der Waals surface area contributed by atoms with Crippen LogP contribution in [0.2, 0.25) is 5.15 Å². The summed E-state index contributed by atoms with van der Waals surface area (Å²) in [5.74, 6) is 1.24. The summed E-state index contributed by atoms with van der Waals surface area (Å²) in [7, 11) is 0. The van der Waals surface area contributed by atoms with Crippen LogP contribution in [0.15, 0.2) is 16.6 Å². The third-order valence-electron chi connectivity index (χ3n) is 3.05. The van der Waals surface area contributed by atoms with Crippen LogP contribution in [-0.2, 0) is 0 Å². The normalized spacial score (nSPS) is 10.6. The number of hydrogen-bond acceptors (Lipinski definition) is 3. The van der Waals surface area contributed by atoms with Gasteiger partial charge in [-0.3, -0.25) is 0 Å². The fourth-order valence-corrected chi connectivity index (χ4v) is 2.14. The summed E-state index contributed by atoms with van der Waals surface area (Å²) in [5, 5.41) is 8.29. The van der Waals surface area contributed by atoms with E-state index >= 15 is 0 Å². The van der Waals surface area contributed by atoms with Gasteiger partial charge < -0.3 is 4.74 Å². The van der Waals surface area contributed by atoms with Gasteiger partial charge in [-0.05, 0) is 56.5 Å². The molecule has 5 heteroatoms. The fourth-order valence-electron chi connectivity index (χ4n) is 1.73. The molecule has 0 fully saturated rings. The minimum atomic E-state index is 0.410. The van der Waals surface area contributed by atoms with Gasteiger partial charge in [0.25, 0.3) is 0 Å². The van der Waals surface area contributed by atoms with Crippen molar-refractivity contribution >= 4 is 27.5 Å². The van der Waals surface area contributed by atoms with Gasteiger partial charge >= 0.3 is 0 Å². The van der Waals surface area contributed by atoms with Crippen LogP contribution in [0.4, 0.5) is 0 Å². The number of ether oxygens (including phenoxy) is 1. The first-order valence-electron chi connectivity index (χ1n) is 5.84. The van der Waals surface area contributed by atoms with Crippen molar-refractivity contribution in [3.63, 3.8) is 0 Å². The van der Waals surface area contributed by atoms with Crippen molar-refractivity contribution in [3.8, 4) is 11.6 Å². The standard InChI is InChI=1S/C14H14BrClN2O/c1-7-5-11(6-8(2)12(7)15)19-14-10(4)9(3)13(16)17-18-14/h5-6H,1-4H3. The highest BCUT2D eigenvalue weighted by Crippen LogP contribution is 2.31. The molecular formula is C14H14BrClN2O. The van der Waals surface area contributed by atoms with E-state index in [1.807, 2.05) is 39.8 Å². The third-order valence-corrected chi connectivity index (χ3v) is 4.66. The smallest absolute Gasteiger partial charge is 0.242 e. The van der Waals surface area contributed by atoms with Crippen LogP contribution in [0, 0.1) is 27.7 Å². The molecule has 1 aromatic heterocycles. The molecule has 2 aromatic rings. The maximum atomic E-state index is 5.92. The van der Waals surface area contributed by atoms with Gasteiger partial charge in [0.2, 0.25) is 5.88 Å². The zero-order chi connectivity index (χ0) is 14.2. The second-order valence-corrected chi connectivity index (χ2v) is 5.67. The molecule has 3 nitrogen and oxygen atoms in total. The first-order valence-corrected chi connectivity index (χ1v) is 7.01. The summed E-state index contributed by atoms with van der Waals surface area (Å²) in [6.07, 6.45) is 0. The van der Waals surface area contributed by atoms with Gasteiger partial charge in [0.15, 0.2) is 5.15 Å². The Labute approximate surface area is 126 Å². The SMILES string of the molecule is Cc1cc(Oc2nnc(Cl)c(C)c2C)cc(C)c1Br. The van der Waals surface area contributed by atoms with Crippen LogP contribution in [0.5, 0.6) is 11.6 Å². The molecule has 0 aliphatic heterocycles. The Bertz CT molecular complexity index is 621. The van der Waals surface area contributed by atoms with E-state index in [4.69, 9.17) is 16.3 Å². The van der Waals surface area contributed by atoms with Crippen molar-refractivity contribution in [2.24, 2.45) is 0 Å². The van der Waals surface area contributed by atoms with Crippen LogP contribution in [-0.4, -0.2) is 10.2 Å². The molecule has 0 bridgehead atoms. The molecule has 0 radical (unpaired) electrons. The molecule has 0 N–H and O–H groups in total. The lowest BCUT2D eigenvalue weighted by molar-refractivity contribution is 0.449. The summed E-state index contributed by atoms with van der Waals surface area (Å²) < 4.78 is 6.90. The van der Waals surface area contributed by atoms with Crippen LogP contribution >= 0.6 is 27.5 Å². The summed E-state index contributed by atoms with van der Waals surface area (Å²) >= 11 is 9.46. The Kier molecular flexibility index (Phi) is 4.11. The number of aryl methyl sites for hydroxylation is 2. The Morgan fingerprint density at radius 2 is 1.58 bits per heavy atom. The number of aromatic nitrogens is 2. The molecule has 0 saturated heterocycles. The van der Waals surface area contributed by atoms with Crippen molar-refractivity contribution in [2.45, 2.75) is 27.7 Å². The number of nitrogens with zero attached hydrogens (tertiary/aromatic N) is 2. The average molecular weight is 342 g/mol. The number of benzene rings is 1. The van der Waals surface area contributed by atoms with Gasteiger partial charge in [-0.2, -0.15) is 0 Å². The highest BCUT2D eigenvalue weighted by Gasteiger charge is 2.11. The number of hydrogen-bond donors (Lipinski definition) is 0. The highest BCUT2D eigenvalue weighted by atomic mass is 79.9. The predicted octanol–water partition coefficient (Wildman–Crippen LogP) is 4.92. The van der Waals surface area contributed by atoms with E-state index in [1.54, 1.807) is 0 Å². The monoisotopic (exact) mass is 340 g/mol. The van der Waals surface area contributed by atoms with Crippen molar-refractivity contribution in [1.82, 2.24) is 10.2 Å². The van der Waals surface area contributed by atoms with Gasteiger partial charge in [0.1, 0.15) is 5.75 Å². The van der Waals surface area contributed by atoms with Crippen LogP contribution in [0.3, 0.4) is 0 Å². The lowest BCUT2D eigenvalue weighted by atomic mass is 10.1. The quantitative estimate of drug-likeness (QED) is 0.777. The topological polar surface area (TPSA) is 35.0 Å². The molecule has 0 saturated carbocycles. The maximum absolute atomic E-state index is 5.92. The molecule has 1 heterocycles. The third kappa shape index (κ3) is 2.90. The largest absolute Gasteiger partial charge is 0.437 e. The van der Waals surface area contributed by atoms with Crippen molar-refractivity contribution in [2.75, 3.05) is 0 Å². The second kappa shape index (κ2) is 5.47. The van der Waals surface area contributed by atoms with Gasteiger partial charge in [0, 0.05) is 10.0 Å². The van der Waals surface area contributed by atoms with Crippen molar-refractivity contribution < 1.29 is 4.74 Å². The fraction of sp³-hybridized carbons (Fsp3) is 0.286. The molecule has 2 rings (SSSR count). The van der Waals surface area contributed by atoms with Crippen LogP contribution in [0.25, 0.3) is 0 Å². The predicted molar refractivity (Wildman–Crippen MR) is 80.2 cm³/mol. The van der Waals surface area contributed by atoms with E-state index in [0.29, 0.717) is 11.0 Å². The van der Waals surface area contributed by atoms with E-state index in [1.165, 1.54) is 0 Å².